The maximum atomic E-state index is 10.8. The van der Waals surface area contributed by atoms with Crippen LogP contribution in [-0.2, 0) is 19.2 Å². The Kier molecular flexibility index (Phi) is 2.66. The number of hydrogen-bond acceptors (Lipinski definition) is 5. The van der Waals surface area contributed by atoms with Crippen LogP contribution in [0.3, 0.4) is 0 Å². The van der Waals surface area contributed by atoms with Crippen LogP contribution in [0.25, 0.3) is 0 Å². The van der Waals surface area contributed by atoms with Crippen LogP contribution in [0.15, 0.2) is 0 Å². The van der Waals surface area contributed by atoms with Crippen molar-refractivity contribution in [2.45, 2.75) is 69.7 Å². The van der Waals surface area contributed by atoms with Crippen LogP contribution in [0.2, 0.25) is 0 Å². The molecule has 114 valence electrons. The van der Waals surface area contributed by atoms with Crippen molar-refractivity contribution in [1.82, 2.24) is 0 Å². The molecule has 20 heavy (non-hydrogen) atoms. The fraction of sp³-hybridized carbons (Fsp3) is 1.00. The van der Waals surface area contributed by atoms with Crippen LogP contribution < -0.4 is 0 Å². The van der Waals surface area contributed by atoms with E-state index in [1.807, 2.05) is 13.8 Å². The molecular formula is C15H24O5. The third-order valence-electron chi connectivity index (χ3n) is 6.00. The summed E-state index contributed by atoms with van der Waals surface area (Å²) in [6.45, 7) is 6.32. The van der Waals surface area contributed by atoms with Crippen LogP contribution in [0.1, 0.15) is 46.5 Å². The summed E-state index contributed by atoms with van der Waals surface area (Å²) in [7, 11) is 0. The zero-order chi connectivity index (χ0) is 14.2. The molecule has 5 heteroatoms. The molecule has 4 heterocycles. The van der Waals surface area contributed by atoms with Gasteiger partial charge in [0.1, 0.15) is 0 Å². The Labute approximate surface area is 119 Å². The fourth-order valence-electron chi connectivity index (χ4n) is 4.89. The number of fused-ring (bicyclic) bond motifs is 2. The summed E-state index contributed by atoms with van der Waals surface area (Å²) in [4.78, 5) is 11.6. The summed E-state index contributed by atoms with van der Waals surface area (Å²) in [5.41, 5.74) is -1.55. The van der Waals surface area contributed by atoms with E-state index in [1.165, 1.54) is 0 Å². The van der Waals surface area contributed by atoms with E-state index in [9.17, 15) is 5.11 Å². The molecular weight excluding hydrogens is 260 g/mol. The van der Waals surface area contributed by atoms with Crippen molar-refractivity contribution in [2.24, 2.45) is 17.8 Å². The van der Waals surface area contributed by atoms with Gasteiger partial charge in [0, 0.05) is 12.3 Å². The lowest BCUT2D eigenvalue weighted by atomic mass is 9.57. The van der Waals surface area contributed by atoms with Crippen LogP contribution in [0.4, 0.5) is 0 Å². The molecule has 1 spiro atoms. The second-order valence-electron chi connectivity index (χ2n) is 7.52. The maximum Gasteiger partial charge on any atom is 0.201 e. The Morgan fingerprint density at radius 3 is 2.70 bits per heavy atom. The van der Waals surface area contributed by atoms with Crippen molar-refractivity contribution < 1.29 is 24.4 Å². The first kappa shape index (κ1) is 13.5. The van der Waals surface area contributed by atoms with Gasteiger partial charge in [-0.25, -0.2) is 9.78 Å². The lowest BCUT2D eigenvalue weighted by molar-refractivity contribution is -0.571. The molecule has 5 nitrogen and oxygen atoms in total. The monoisotopic (exact) mass is 284 g/mol. The van der Waals surface area contributed by atoms with E-state index in [2.05, 4.69) is 6.92 Å². The van der Waals surface area contributed by atoms with Gasteiger partial charge in [-0.05, 0) is 44.9 Å². The minimum absolute atomic E-state index is 0.00222. The van der Waals surface area contributed by atoms with Gasteiger partial charge in [0.25, 0.3) is 0 Å². The highest BCUT2D eigenvalue weighted by atomic mass is 17.3. The summed E-state index contributed by atoms with van der Waals surface area (Å²) < 4.78 is 12.0. The number of aliphatic hydroxyl groups is 1. The van der Waals surface area contributed by atoms with Gasteiger partial charge < -0.3 is 14.6 Å². The van der Waals surface area contributed by atoms with Gasteiger partial charge in [0.05, 0.1) is 12.2 Å². The Bertz CT molecular complexity index is 424. The van der Waals surface area contributed by atoms with E-state index in [1.54, 1.807) is 0 Å². The molecule has 2 bridgehead atoms. The number of hydrogen-bond donors (Lipinski definition) is 1. The average Bonchev–Trinajstić information content (AvgIpc) is 2.61. The van der Waals surface area contributed by atoms with Gasteiger partial charge in [0.2, 0.25) is 5.79 Å². The summed E-state index contributed by atoms with van der Waals surface area (Å²) >= 11 is 0. The number of rotatable bonds is 0. The normalized spacial score (nSPS) is 61.8. The smallest absolute Gasteiger partial charge is 0.201 e. The van der Waals surface area contributed by atoms with Crippen molar-refractivity contribution in [3.63, 3.8) is 0 Å². The Morgan fingerprint density at radius 2 is 1.90 bits per heavy atom. The molecule has 1 N–H and O–H groups in total. The lowest BCUT2D eigenvalue weighted by Crippen LogP contribution is -2.73. The van der Waals surface area contributed by atoms with Crippen LogP contribution >= 0.6 is 0 Å². The highest BCUT2D eigenvalue weighted by molar-refractivity contribution is 5.12. The summed E-state index contributed by atoms with van der Waals surface area (Å²) in [5, 5.41) is 10.8. The molecule has 5 rings (SSSR count). The molecule has 0 amide bonds. The van der Waals surface area contributed by atoms with E-state index in [4.69, 9.17) is 19.2 Å². The summed E-state index contributed by atoms with van der Waals surface area (Å²) in [6.07, 6.45) is 3.40. The van der Waals surface area contributed by atoms with E-state index < -0.39 is 23.3 Å². The lowest BCUT2D eigenvalue weighted by Gasteiger charge is -2.60. The molecule has 7 atom stereocenters. The molecule has 1 saturated carbocycles. The SMILES string of the molecule is C[C@@H]1CCC2[C@]34OO[C@@](C)(CC[C@@H]13)O[C@H]4OC[C@@]2(C)O. The van der Waals surface area contributed by atoms with Crippen molar-refractivity contribution >= 4 is 0 Å². The van der Waals surface area contributed by atoms with E-state index >= 15 is 0 Å². The molecule has 0 aromatic rings. The van der Waals surface area contributed by atoms with Gasteiger partial charge in [-0.15, -0.1) is 0 Å². The quantitative estimate of drug-likeness (QED) is 0.689. The van der Waals surface area contributed by atoms with Gasteiger partial charge in [-0.2, -0.15) is 0 Å². The highest BCUT2D eigenvalue weighted by Gasteiger charge is 2.70. The van der Waals surface area contributed by atoms with E-state index in [0.717, 1.165) is 25.7 Å². The van der Waals surface area contributed by atoms with Crippen LogP contribution in [0.5, 0.6) is 0 Å². The summed E-state index contributed by atoms with van der Waals surface area (Å²) in [5.74, 6) is 0.111. The first-order valence-corrected chi connectivity index (χ1v) is 7.76. The van der Waals surface area contributed by atoms with Gasteiger partial charge in [0.15, 0.2) is 11.9 Å². The molecule has 4 saturated heterocycles. The fourth-order valence-corrected chi connectivity index (χ4v) is 4.89. The topological polar surface area (TPSA) is 57.2 Å². The Balaban J connectivity index is 1.83. The molecule has 0 radical (unpaired) electrons. The molecule has 0 aromatic carbocycles. The third kappa shape index (κ3) is 1.56. The average molecular weight is 284 g/mol. The van der Waals surface area contributed by atoms with Crippen molar-refractivity contribution in [3.05, 3.63) is 0 Å². The molecule has 1 aliphatic carbocycles. The second kappa shape index (κ2) is 3.96. The zero-order valence-corrected chi connectivity index (χ0v) is 12.4. The minimum Gasteiger partial charge on any atom is -0.387 e. The first-order valence-electron chi connectivity index (χ1n) is 7.76. The highest BCUT2D eigenvalue weighted by Crippen LogP contribution is 2.60. The van der Waals surface area contributed by atoms with Crippen molar-refractivity contribution in [2.75, 3.05) is 6.61 Å². The molecule has 5 aliphatic rings. The van der Waals surface area contributed by atoms with Gasteiger partial charge in [-0.1, -0.05) is 6.92 Å². The minimum atomic E-state index is -0.889. The largest absolute Gasteiger partial charge is 0.387 e. The predicted octanol–water partition coefficient (Wildman–Crippen LogP) is 1.98. The molecule has 0 aromatic heterocycles. The van der Waals surface area contributed by atoms with Gasteiger partial charge in [-0.3, -0.25) is 0 Å². The molecule has 1 unspecified atom stereocenters. The Hall–Kier alpha value is -0.200. The second-order valence-corrected chi connectivity index (χ2v) is 7.52. The van der Waals surface area contributed by atoms with Crippen LogP contribution in [0, 0.1) is 17.8 Å². The van der Waals surface area contributed by atoms with E-state index in [-0.39, 0.29) is 5.92 Å². The third-order valence-corrected chi connectivity index (χ3v) is 6.00. The first-order chi connectivity index (χ1) is 9.37. The van der Waals surface area contributed by atoms with E-state index in [0.29, 0.717) is 18.4 Å². The molecule has 4 aliphatic heterocycles. The Morgan fingerprint density at radius 1 is 1.10 bits per heavy atom. The molecule has 5 fully saturated rings. The van der Waals surface area contributed by atoms with Gasteiger partial charge >= 0.3 is 0 Å². The summed E-state index contributed by atoms with van der Waals surface area (Å²) in [6, 6.07) is 0. The maximum absolute atomic E-state index is 10.8. The van der Waals surface area contributed by atoms with Crippen LogP contribution in [-0.4, -0.2) is 35.0 Å². The van der Waals surface area contributed by atoms with Crippen molar-refractivity contribution in [3.8, 4) is 0 Å². The predicted molar refractivity (Wildman–Crippen MR) is 69.4 cm³/mol. The standard InChI is InChI=1S/C15H24O5/c1-9-4-5-11-13(2,16)8-17-12-15(11)10(9)6-7-14(3,18-12)19-20-15/h9-12,16H,4-8H2,1-3H3/t9-,10+,11?,12-,13-,14+,15-/m1/s1. The van der Waals surface area contributed by atoms with Crippen molar-refractivity contribution in [1.29, 1.82) is 0 Å². The zero-order valence-electron chi connectivity index (χ0n) is 12.4. The number of ether oxygens (including phenoxy) is 2.